The number of nitrogens with zero attached hydrogens (tertiary/aromatic N) is 2. The SMILES string of the molecule is NCC1(c2ncc(Br)cn2)CCC1. The van der Waals surface area contributed by atoms with Crippen molar-refractivity contribution in [1.82, 2.24) is 9.97 Å². The van der Waals surface area contributed by atoms with Gasteiger partial charge in [0.2, 0.25) is 0 Å². The lowest BCUT2D eigenvalue weighted by molar-refractivity contribution is 0.238. The van der Waals surface area contributed by atoms with Crippen molar-refractivity contribution in [2.45, 2.75) is 24.7 Å². The van der Waals surface area contributed by atoms with Gasteiger partial charge in [-0.05, 0) is 28.8 Å². The van der Waals surface area contributed by atoms with Crippen LogP contribution in [0.5, 0.6) is 0 Å². The van der Waals surface area contributed by atoms with Gasteiger partial charge in [0.25, 0.3) is 0 Å². The van der Waals surface area contributed by atoms with Crippen molar-refractivity contribution >= 4 is 15.9 Å². The lowest BCUT2D eigenvalue weighted by Crippen LogP contribution is -2.43. The number of halogens is 1. The van der Waals surface area contributed by atoms with Crippen molar-refractivity contribution in [3.05, 3.63) is 22.7 Å². The maximum absolute atomic E-state index is 5.75. The standard InChI is InChI=1S/C9H12BrN3/c10-7-4-12-8(13-5-7)9(6-11)2-1-3-9/h4-5H,1-3,6,11H2. The van der Waals surface area contributed by atoms with E-state index < -0.39 is 0 Å². The maximum Gasteiger partial charge on any atom is 0.135 e. The van der Waals surface area contributed by atoms with Gasteiger partial charge >= 0.3 is 0 Å². The van der Waals surface area contributed by atoms with E-state index in [0.717, 1.165) is 23.1 Å². The molecule has 1 aliphatic carbocycles. The molecule has 0 spiro atoms. The van der Waals surface area contributed by atoms with Crippen LogP contribution in [-0.2, 0) is 5.41 Å². The van der Waals surface area contributed by atoms with Gasteiger partial charge in [0.15, 0.2) is 0 Å². The summed E-state index contributed by atoms with van der Waals surface area (Å²) in [5, 5.41) is 0. The molecule has 13 heavy (non-hydrogen) atoms. The van der Waals surface area contributed by atoms with E-state index in [1.807, 2.05) is 0 Å². The number of rotatable bonds is 2. The summed E-state index contributed by atoms with van der Waals surface area (Å²) in [6.07, 6.45) is 7.09. The van der Waals surface area contributed by atoms with Crippen molar-refractivity contribution in [2.24, 2.45) is 5.73 Å². The van der Waals surface area contributed by atoms with E-state index in [4.69, 9.17) is 5.73 Å². The molecule has 0 bridgehead atoms. The third-order valence-corrected chi connectivity index (χ3v) is 3.21. The fourth-order valence-electron chi connectivity index (χ4n) is 1.71. The van der Waals surface area contributed by atoms with E-state index in [0.29, 0.717) is 6.54 Å². The van der Waals surface area contributed by atoms with Gasteiger partial charge in [-0.25, -0.2) is 9.97 Å². The summed E-state index contributed by atoms with van der Waals surface area (Å²) >= 11 is 3.32. The second-order valence-electron chi connectivity index (χ2n) is 3.56. The predicted molar refractivity (Wildman–Crippen MR) is 54.3 cm³/mol. The quantitative estimate of drug-likeness (QED) is 0.857. The molecule has 1 fully saturated rings. The average molecular weight is 242 g/mol. The summed E-state index contributed by atoms with van der Waals surface area (Å²) in [4.78, 5) is 8.61. The minimum atomic E-state index is 0.0840. The van der Waals surface area contributed by atoms with Gasteiger partial charge in [-0.2, -0.15) is 0 Å². The summed E-state index contributed by atoms with van der Waals surface area (Å²) in [6, 6.07) is 0. The number of aromatic nitrogens is 2. The summed E-state index contributed by atoms with van der Waals surface area (Å²) in [6.45, 7) is 0.661. The predicted octanol–water partition coefficient (Wildman–Crippen LogP) is 1.62. The first-order valence-corrected chi connectivity index (χ1v) is 5.24. The summed E-state index contributed by atoms with van der Waals surface area (Å²) in [5.41, 5.74) is 5.83. The molecule has 1 aliphatic rings. The molecule has 0 radical (unpaired) electrons. The van der Waals surface area contributed by atoms with Gasteiger partial charge in [-0.3, -0.25) is 0 Å². The Morgan fingerprint density at radius 3 is 2.38 bits per heavy atom. The molecular formula is C9H12BrN3. The molecule has 2 N–H and O–H groups in total. The molecule has 1 aromatic rings. The monoisotopic (exact) mass is 241 g/mol. The molecule has 0 saturated heterocycles. The van der Waals surface area contributed by atoms with Crippen LogP contribution in [0.25, 0.3) is 0 Å². The van der Waals surface area contributed by atoms with E-state index in [1.165, 1.54) is 6.42 Å². The molecule has 0 aliphatic heterocycles. The Bertz CT molecular complexity index is 287. The van der Waals surface area contributed by atoms with Crippen molar-refractivity contribution in [1.29, 1.82) is 0 Å². The molecule has 2 rings (SSSR count). The fourth-order valence-corrected chi connectivity index (χ4v) is 1.91. The molecule has 1 heterocycles. The van der Waals surface area contributed by atoms with Crippen LogP contribution in [0, 0.1) is 0 Å². The molecule has 70 valence electrons. The lowest BCUT2D eigenvalue weighted by Gasteiger charge is -2.39. The van der Waals surface area contributed by atoms with Crippen LogP contribution in [0.4, 0.5) is 0 Å². The second kappa shape index (κ2) is 3.35. The molecule has 3 nitrogen and oxygen atoms in total. The van der Waals surface area contributed by atoms with Gasteiger partial charge in [0.05, 0.1) is 4.47 Å². The second-order valence-corrected chi connectivity index (χ2v) is 4.48. The van der Waals surface area contributed by atoms with Crippen LogP contribution in [-0.4, -0.2) is 16.5 Å². The lowest BCUT2D eigenvalue weighted by atomic mass is 9.68. The van der Waals surface area contributed by atoms with Crippen molar-refractivity contribution in [3.63, 3.8) is 0 Å². The molecule has 0 aromatic carbocycles. The first kappa shape index (κ1) is 9.09. The molecule has 0 atom stereocenters. The Hall–Kier alpha value is -0.480. The zero-order chi connectivity index (χ0) is 9.31. The summed E-state index contributed by atoms with van der Waals surface area (Å²) in [5.74, 6) is 0.907. The fraction of sp³-hybridized carbons (Fsp3) is 0.556. The van der Waals surface area contributed by atoms with Crippen LogP contribution in [0.15, 0.2) is 16.9 Å². The van der Waals surface area contributed by atoms with Crippen LogP contribution >= 0.6 is 15.9 Å². The van der Waals surface area contributed by atoms with Crippen LogP contribution in [0.3, 0.4) is 0 Å². The first-order valence-electron chi connectivity index (χ1n) is 4.45. The van der Waals surface area contributed by atoms with Crippen LogP contribution in [0.2, 0.25) is 0 Å². The number of hydrogen-bond donors (Lipinski definition) is 1. The minimum absolute atomic E-state index is 0.0840. The average Bonchev–Trinajstić information content (AvgIpc) is 2.07. The van der Waals surface area contributed by atoms with Gasteiger partial charge in [-0.15, -0.1) is 0 Å². The minimum Gasteiger partial charge on any atom is -0.329 e. The van der Waals surface area contributed by atoms with Gasteiger partial charge in [0.1, 0.15) is 5.82 Å². The Morgan fingerprint density at radius 2 is 2.00 bits per heavy atom. The number of nitrogens with two attached hydrogens (primary N) is 1. The normalized spacial score (nSPS) is 19.5. The van der Waals surface area contributed by atoms with Gasteiger partial charge in [-0.1, -0.05) is 6.42 Å². The molecule has 4 heteroatoms. The summed E-state index contributed by atoms with van der Waals surface area (Å²) in [7, 11) is 0. The maximum atomic E-state index is 5.75. The van der Waals surface area contributed by atoms with Crippen LogP contribution in [0.1, 0.15) is 25.1 Å². The van der Waals surface area contributed by atoms with Crippen LogP contribution < -0.4 is 5.73 Å². The molecule has 1 aromatic heterocycles. The van der Waals surface area contributed by atoms with Crippen molar-refractivity contribution < 1.29 is 0 Å². The highest BCUT2D eigenvalue weighted by Gasteiger charge is 2.39. The summed E-state index contributed by atoms with van der Waals surface area (Å²) < 4.78 is 0.919. The van der Waals surface area contributed by atoms with E-state index in [1.54, 1.807) is 12.4 Å². The zero-order valence-electron chi connectivity index (χ0n) is 7.33. The van der Waals surface area contributed by atoms with Gasteiger partial charge in [0, 0.05) is 24.4 Å². The molecule has 0 unspecified atom stereocenters. The number of hydrogen-bond acceptors (Lipinski definition) is 3. The highest BCUT2D eigenvalue weighted by Crippen LogP contribution is 2.40. The van der Waals surface area contributed by atoms with Gasteiger partial charge < -0.3 is 5.73 Å². The largest absolute Gasteiger partial charge is 0.329 e. The smallest absolute Gasteiger partial charge is 0.135 e. The Kier molecular flexibility index (Phi) is 2.34. The first-order chi connectivity index (χ1) is 6.27. The third-order valence-electron chi connectivity index (χ3n) is 2.80. The Morgan fingerprint density at radius 1 is 1.38 bits per heavy atom. The molecular weight excluding hydrogens is 230 g/mol. The topological polar surface area (TPSA) is 51.8 Å². The molecule has 0 amide bonds. The highest BCUT2D eigenvalue weighted by atomic mass is 79.9. The van der Waals surface area contributed by atoms with Crippen molar-refractivity contribution in [3.8, 4) is 0 Å². The highest BCUT2D eigenvalue weighted by molar-refractivity contribution is 9.10. The Balaban J connectivity index is 2.28. The van der Waals surface area contributed by atoms with E-state index >= 15 is 0 Å². The van der Waals surface area contributed by atoms with Crippen molar-refractivity contribution in [2.75, 3.05) is 6.54 Å². The Labute approximate surface area is 85.9 Å². The van der Waals surface area contributed by atoms with E-state index in [-0.39, 0.29) is 5.41 Å². The zero-order valence-corrected chi connectivity index (χ0v) is 8.92. The third kappa shape index (κ3) is 1.48. The molecule has 1 saturated carbocycles. The van der Waals surface area contributed by atoms with E-state index in [9.17, 15) is 0 Å². The van der Waals surface area contributed by atoms with E-state index in [2.05, 4.69) is 25.9 Å².